The highest BCUT2D eigenvalue weighted by Gasteiger charge is 2.42. The molecule has 0 fully saturated rings. The van der Waals surface area contributed by atoms with Crippen LogP contribution >= 0.6 is 23.4 Å². The molecule has 0 saturated carbocycles. The van der Waals surface area contributed by atoms with E-state index in [0.717, 1.165) is 0 Å². The van der Waals surface area contributed by atoms with Gasteiger partial charge in [-0.15, -0.1) is 11.6 Å². The number of nitrogens with zero attached hydrogens (tertiary/aromatic N) is 3. The Bertz CT molecular complexity index is 685. The van der Waals surface area contributed by atoms with Crippen molar-refractivity contribution in [3.8, 4) is 0 Å². The first-order valence-electron chi connectivity index (χ1n) is 7.63. The third-order valence-corrected chi connectivity index (χ3v) is 5.17. The second kappa shape index (κ2) is 7.15. The number of rotatable bonds is 6. The van der Waals surface area contributed by atoms with Gasteiger partial charge in [-0.05, 0) is 30.0 Å². The van der Waals surface area contributed by atoms with E-state index < -0.39 is 21.8 Å². The van der Waals surface area contributed by atoms with E-state index in [4.69, 9.17) is 11.6 Å². The van der Waals surface area contributed by atoms with E-state index >= 15 is 0 Å². The summed E-state index contributed by atoms with van der Waals surface area (Å²) in [5, 5.41) is 3.97. The van der Waals surface area contributed by atoms with Gasteiger partial charge in [0.05, 0.1) is 4.87 Å². The zero-order valence-electron chi connectivity index (χ0n) is 14.0. The summed E-state index contributed by atoms with van der Waals surface area (Å²) in [7, 11) is 0. The van der Waals surface area contributed by atoms with E-state index in [0.29, 0.717) is 0 Å². The van der Waals surface area contributed by atoms with Crippen LogP contribution in [0.2, 0.25) is 0 Å². The molecule has 138 valence electrons. The number of ketones is 1. The lowest BCUT2D eigenvalue weighted by molar-refractivity contribution is -0.131. The second-order valence-electron chi connectivity index (χ2n) is 6.73. The van der Waals surface area contributed by atoms with Gasteiger partial charge in [0.1, 0.15) is 18.7 Å². The molecule has 2 unspecified atom stereocenters. The Morgan fingerprint density at radius 2 is 2.16 bits per heavy atom. The highest BCUT2D eigenvalue weighted by atomic mass is 35.5. The summed E-state index contributed by atoms with van der Waals surface area (Å²) in [6, 6.07) is -0.537. The van der Waals surface area contributed by atoms with Crippen LogP contribution in [0, 0.1) is 5.41 Å². The third kappa shape index (κ3) is 5.34. The third-order valence-electron chi connectivity index (χ3n) is 4.01. The summed E-state index contributed by atoms with van der Waals surface area (Å²) >= 11 is 6.40. The molecule has 0 amide bonds. The van der Waals surface area contributed by atoms with Gasteiger partial charge in [0.25, 0.3) is 0 Å². The van der Waals surface area contributed by atoms with E-state index in [1.54, 1.807) is 26.8 Å². The van der Waals surface area contributed by atoms with Crippen LogP contribution in [0.4, 0.5) is 13.2 Å². The molecule has 1 aliphatic rings. The van der Waals surface area contributed by atoms with Crippen molar-refractivity contribution in [1.29, 1.82) is 0 Å². The molecular weight excluding hydrogens is 375 g/mol. The minimum absolute atomic E-state index is 0.0314. The van der Waals surface area contributed by atoms with Crippen molar-refractivity contribution >= 4 is 29.1 Å². The van der Waals surface area contributed by atoms with Gasteiger partial charge < -0.3 is 0 Å². The summed E-state index contributed by atoms with van der Waals surface area (Å²) in [5.74, 6) is -0.106. The molecule has 0 aliphatic heterocycles. The Hall–Kier alpha value is -1.28. The number of thioether (sulfide) groups is 1. The van der Waals surface area contributed by atoms with Gasteiger partial charge >= 0.3 is 5.51 Å². The van der Waals surface area contributed by atoms with Gasteiger partial charge in [-0.1, -0.05) is 32.1 Å². The van der Waals surface area contributed by atoms with Gasteiger partial charge in [-0.2, -0.15) is 18.3 Å². The maximum absolute atomic E-state index is 12.8. The lowest BCUT2D eigenvalue weighted by Gasteiger charge is -2.36. The van der Waals surface area contributed by atoms with E-state index in [1.807, 2.05) is 0 Å². The van der Waals surface area contributed by atoms with Crippen LogP contribution in [0.15, 0.2) is 35.8 Å². The van der Waals surface area contributed by atoms with Crippen molar-refractivity contribution in [2.45, 2.75) is 50.0 Å². The minimum Gasteiger partial charge on any atom is -0.297 e. The Morgan fingerprint density at radius 3 is 2.72 bits per heavy atom. The molecule has 2 atom stereocenters. The van der Waals surface area contributed by atoms with Crippen molar-refractivity contribution in [1.82, 2.24) is 14.8 Å². The van der Waals surface area contributed by atoms with Crippen LogP contribution in [-0.2, 0) is 4.79 Å². The average molecular weight is 394 g/mol. The molecule has 0 radical (unpaired) electrons. The number of aromatic nitrogens is 3. The fourth-order valence-electron chi connectivity index (χ4n) is 3.00. The molecule has 0 saturated heterocycles. The van der Waals surface area contributed by atoms with Crippen LogP contribution in [0.5, 0.6) is 0 Å². The molecule has 1 aliphatic carbocycles. The first-order chi connectivity index (χ1) is 11.4. The highest BCUT2D eigenvalue weighted by Crippen LogP contribution is 2.47. The van der Waals surface area contributed by atoms with Crippen LogP contribution in [-0.4, -0.2) is 30.9 Å². The zero-order valence-corrected chi connectivity index (χ0v) is 15.6. The number of allylic oxidation sites excluding steroid dienone is 4. The van der Waals surface area contributed by atoms with Gasteiger partial charge in [-0.25, -0.2) is 9.67 Å². The fourth-order valence-corrected chi connectivity index (χ4v) is 4.40. The van der Waals surface area contributed by atoms with Crippen LogP contribution in [0.1, 0.15) is 39.7 Å². The standard InChI is InChI=1S/C16H19ClF3N3OS/c1-11(23-10-21-9-22-23)13(24)14(2,3)8-15(17)6-4-5-12(7-15)25-16(18,19)20/h4-6,9-11H,7-8H2,1-3H3. The number of Topliss-reactive ketones (excluding diaryl/α,β-unsaturated/α-hetero) is 1. The zero-order chi connectivity index (χ0) is 18.9. The van der Waals surface area contributed by atoms with Crippen molar-refractivity contribution in [2.24, 2.45) is 5.41 Å². The molecule has 1 aromatic heterocycles. The maximum Gasteiger partial charge on any atom is 0.446 e. The molecule has 4 nitrogen and oxygen atoms in total. The number of halogens is 4. The highest BCUT2D eigenvalue weighted by molar-refractivity contribution is 8.03. The Kier molecular flexibility index (Phi) is 5.73. The lowest BCUT2D eigenvalue weighted by atomic mass is 9.75. The number of hydrogen-bond acceptors (Lipinski definition) is 4. The molecule has 1 aromatic rings. The summed E-state index contributed by atoms with van der Waals surface area (Å²) in [6.07, 6.45) is 7.63. The van der Waals surface area contributed by atoms with E-state index in [2.05, 4.69) is 10.1 Å². The summed E-state index contributed by atoms with van der Waals surface area (Å²) in [4.78, 5) is 15.7. The number of alkyl halides is 4. The molecule has 0 bridgehead atoms. The Balaban J connectivity index is 2.10. The van der Waals surface area contributed by atoms with Crippen molar-refractivity contribution in [3.63, 3.8) is 0 Å². The van der Waals surface area contributed by atoms with Crippen LogP contribution < -0.4 is 0 Å². The molecule has 0 aromatic carbocycles. The molecule has 9 heteroatoms. The summed E-state index contributed by atoms with van der Waals surface area (Å²) < 4.78 is 39.3. The molecular formula is C16H19ClF3N3OS. The minimum atomic E-state index is -4.36. The van der Waals surface area contributed by atoms with E-state index in [-0.39, 0.29) is 35.3 Å². The van der Waals surface area contributed by atoms with Crippen LogP contribution in [0.3, 0.4) is 0 Å². The van der Waals surface area contributed by atoms with Crippen molar-refractivity contribution in [3.05, 3.63) is 35.8 Å². The van der Waals surface area contributed by atoms with Crippen molar-refractivity contribution < 1.29 is 18.0 Å². The molecule has 1 heterocycles. The quantitative estimate of drug-likeness (QED) is 0.645. The normalized spacial score (nSPS) is 22.6. The molecule has 0 spiro atoms. The van der Waals surface area contributed by atoms with E-state index in [1.165, 1.54) is 29.5 Å². The van der Waals surface area contributed by atoms with Gasteiger partial charge in [0.2, 0.25) is 0 Å². The monoisotopic (exact) mass is 393 g/mol. The lowest BCUT2D eigenvalue weighted by Crippen LogP contribution is -2.38. The topological polar surface area (TPSA) is 47.8 Å². The SMILES string of the molecule is CC(C(=O)C(C)(C)CC1(Cl)C=CC=C(SC(F)(F)F)C1)n1cncn1. The predicted molar refractivity (Wildman–Crippen MR) is 92.2 cm³/mol. The van der Waals surface area contributed by atoms with Gasteiger partial charge in [0, 0.05) is 11.8 Å². The first-order valence-corrected chi connectivity index (χ1v) is 8.83. The number of carbonyl (C=O) groups is 1. The van der Waals surface area contributed by atoms with E-state index in [9.17, 15) is 18.0 Å². The molecule has 25 heavy (non-hydrogen) atoms. The maximum atomic E-state index is 12.8. The largest absolute Gasteiger partial charge is 0.446 e. The Labute approximate surface area is 153 Å². The predicted octanol–water partition coefficient (Wildman–Crippen LogP) is 4.90. The van der Waals surface area contributed by atoms with Gasteiger partial charge in [-0.3, -0.25) is 4.79 Å². The second-order valence-corrected chi connectivity index (χ2v) is 8.67. The fraction of sp³-hybridized carbons (Fsp3) is 0.562. The van der Waals surface area contributed by atoms with Crippen molar-refractivity contribution in [2.75, 3.05) is 0 Å². The first kappa shape index (κ1) is 20.0. The Morgan fingerprint density at radius 1 is 1.48 bits per heavy atom. The van der Waals surface area contributed by atoms with Gasteiger partial charge in [0.15, 0.2) is 5.78 Å². The average Bonchev–Trinajstić information content (AvgIpc) is 2.96. The van der Waals surface area contributed by atoms with Crippen LogP contribution in [0.25, 0.3) is 0 Å². The summed E-state index contributed by atoms with van der Waals surface area (Å²) in [5.41, 5.74) is -5.20. The molecule has 0 N–H and O–H groups in total. The number of carbonyl (C=O) groups excluding carboxylic acids is 1. The smallest absolute Gasteiger partial charge is 0.297 e. The summed E-state index contributed by atoms with van der Waals surface area (Å²) in [6.45, 7) is 5.20. The number of hydrogen-bond donors (Lipinski definition) is 0. The molecule has 2 rings (SSSR count).